The second-order valence-electron chi connectivity index (χ2n) is 10.5. The summed E-state index contributed by atoms with van der Waals surface area (Å²) in [6.07, 6.45) is 2.78. The van der Waals surface area contributed by atoms with Crippen LogP contribution in [0.5, 0.6) is 0 Å². The van der Waals surface area contributed by atoms with Crippen molar-refractivity contribution >= 4 is 63.2 Å². The average Bonchev–Trinajstić information content (AvgIpc) is 3.47. The van der Waals surface area contributed by atoms with Crippen LogP contribution < -0.4 is 32.3 Å². The lowest BCUT2D eigenvalue weighted by Gasteiger charge is -2.35. The van der Waals surface area contributed by atoms with Crippen molar-refractivity contribution in [2.75, 3.05) is 68.5 Å². The number of carbonyl (C=O) groups excluding carboxylic acids is 2. The van der Waals surface area contributed by atoms with Crippen molar-refractivity contribution in [2.24, 2.45) is 16.5 Å². The van der Waals surface area contributed by atoms with Crippen molar-refractivity contribution in [1.29, 1.82) is 0 Å². The molecule has 14 nitrogen and oxygen atoms in total. The normalized spacial score (nSPS) is 14.1. The maximum atomic E-state index is 12.8. The number of carbonyl (C=O) groups is 2. The van der Waals surface area contributed by atoms with Gasteiger partial charge in [-0.2, -0.15) is 0 Å². The molecule has 242 valence electrons. The number of esters is 1. The van der Waals surface area contributed by atoms with Gasteiger partial charge in [-0.1, -0.05) is 35.1 Å². The number of halogens is 1. The number of anilines is 4. The highest BCUT2D eigenvalue weighted by Crippen LogP contribution is 2.28. The lowest BCUT2D eigenvalue weighted by atomic mass is 10.1. The highest BCUT2D eigenvalue weighted by Gasteiger charge is 2.22. The van der Waals surface area contributed by atoms with Gasteiger partial charge in [0.1, 0.15) is 35.0 Å². The Morgan fingerprint density at radius 1 is 1.18 bits per heavy atom. The number of aromatic nitrogens is 3. The van der Waals surface area contributed by atoms with Crippen LogP contribution in [-0.2, 0) is 9.53 Å². The fourth-order valence-electron chi connectivity index (χ4n) is 4.75. The summed E-state index contributed by atoms with van der Waals surface area (Å²) in [5.74, 6) is 1.49. The molecule has 1 aliphatic heterocycles. The van der Waals surface area contributed by atoms with Crippen molar-refractivity contribution in [1.82, 2.24) is 25.2 Å². The van der Waals surface area contributed by atoms with Crippen LogP contribution >= 0.6 is 22.9 Å². The summed E-state index contributed by atoms with van der Waals surface area (Å²) in [7, 11) is 1.73. The maximum Gasteiger partial charge on any atom is 0.323 e. The summed E-state index contributed by atoms with van der Waals surface area (Å²) >= 11 is 7.48. The topological polar surface area (TPSA) is 189 Å². The second-order valence-corrected chi connectivity index (χ2v) is 11.9. The number of thiazole rings is 1. The molecule has 45 heavy (non-hydrogen) atoms. The Kier molecular flexibility index (Phi) is 12.3. The van der Waals surface area contributed by atoms with E-state index in [0.29, 0.717) is 64.9 Å². The second kappa shape index (κ2) is 16.3. The number of aryl methyl sites for hydroxylation is 2. The van der Waals surface area contributed by atoms with E-state index in [0.717, 1.165) is 37.6 Å². The number of ether oxygens (including phenoxy) is 1. The standard InChI is InChI=1S/C29H40ClN11O3S/c1-18-6-4-7-20(30)25(18)39-26(42)22-17-35-29(45-22)38-23-16-24(37-19(2)36-23)41-12-10-40(11-13-41)14-15-44-27(43)21(33-3)8-5-9-34-28(31)32/h4,6-7,16-17,21,33H,5,8-15H2,1-3H3,(H,39,42)(H4,31,32,34)(H,35,36,37,38)/t21-/m1/s1. The van der Waals surface area contributed by atoms with Gasteiger partial charge in [-0.15, -0.1) is 0 Å². The summed E-state index contributed by atoms with van der Waals surface area (Å²) in [4.78, 5) is 47.7. The number of piperazine rings is 1. The van der Waals surface area contributed by atoms with Crippen LogP contribution in [0.25, 0.3) is 0 Å². The highest BCUT2D eigenvalue weighted by molar-refractivity contribution is 7.17. The molecule has 3 heterocycles. The number of hydrogen-bond donors (Lipinski definition) is 5. The fraction of sp³-hybridized carbons (Fsp3) is 0.448. The lowest BCUT2D eigenvalue weighted by molar-refractivity contribution is -0.146. The molecular formula is C29H40ClN11O3S. The van der Waals surface area contributed by atoms with Crippen LogP contribution in [0.2, 0.25) is 5.02 Å². The first kappa shape index (κ1) is 33.8. The molecule has 1 saturated heterocycles. The number of likely N-dealkylation sites (N-methyl/N-ethyl adjacent to an activating group) is 1. The van der Waals surface area contributed by atoms with Gasteiger partial charge in [-0.3, -0.25) is 19.5 Å². The van der Waals surface area contributed by atoms with E-state index in [2.05, 4.69) is 45.7 Å². The molecule has 1 aromatic carbocycles. The van der Waals surface area contributed by atoms with Gasteiger partial charge in [-0.05, 0) is 45.4 Å². The highest BCUT2D eigenvalue weighted by atomic mass is 35.5. The molecule has 3 aromatic rings. The number of rotatable bonds is 14. The molecule has 1 amide bonds. The third kappa shape index (κ3) is 9.97. The van der Waals surface area contributed by atoms with Gasteiger partial charge in [0, 0.05) is 45.3 Å². The third-order valence-corrected chi connectivity index (χ3v) is 8.40. The number of guanidine groups is 1. The smallest absolute Gasteiger partial charge is 0.323 e. The minimum Gasteiger partial charge on any atom is -0.463 e. The van der Waals surface area contributed by atoms with E-state index in [1.54, 1.807) is 13.1 Å². The largest absolute Gasteiger partial charge is 0.463 e. The first-order valence-electron chi connectivity index (χ1n) is 14.6. The number of nitrogens with two attached hydrogens (primary N) is 2. The predicted octanol–water partition coefficient (Wildman–Crippen LogP) is 2.51. The number of nitrogens with one attached hydrogen (secondary N) is 3. The average molecular weight is 658 g/mol. The Labute approximate surface area is 271 Å². The van der Waals surface area contributed by atoms with E-state index >= 15 is 0 Å². The molecule has 2 aromatic heterocycles. The summed E-state index contributed by atoms with van der Waals surface area (Å²) in [6.45, 7) is 8.28. The molecule has 0 unspecified atom stereocenters. The van der Waals surface area contributed by atoms with Gasteiger partial charge in [0.2, 0.25) is 0 Å². The SMILES string of the molecule is CN[C@H](CCCN=C(N)N)C(=O)OCCN1CCN(c2cc(Nc3ncc(C(=O)Nc4c(C)cccc4Cl)s3)nc(C)n2)CC1. The van der Waals surface area contributed by atoms with Gasteiger partial charge in [0.15, 0.2) is 11.1 Å². The zero-order chi connectivity index (χ0) is 32.3. The molecule has 1 atom stereocenters. The van der Waals surface area contributed by atoms with E-state index in [1.807, 2.05) is 32.0 Å². The first-order valence-corrected chi connectivity index (χ1v) is 15.8. The van der Waals surface area contributed by atoms with Crippen molar-refractivity contribution in [3.05, 3.63) is 51.7 Å². The van der Waals surface area contributed by atoms with Gasteiger partial charge in [0.25, 0.3) is 5.91 Å². The number of nitrogens with zero attached hydrogens (tertiary/aromatic N) is 6. The van der Waals surface area contributed by atoms with Crippen LogP contribution in [0.3, 0.4) is 0 Å². The Balaban J connectivity index is 1.25. The van der Waals surface area contributed by atoms with Crippen LogP contribution in [0.1, 0.15) is 33.9 Å². The van der Waals surface area contributed by atoms with E-state index in [9.17, 15) is 9.59 Å². The van der Waals surface area contributed by atoms with Crippen LogP contribution in [0, 0.1) is 13.8 Å². The van der Waals surface area contributed by atoms with Crippen molar-refractivity contribution in [3.63, 3.8) is 0 Å². The summed E-state index contributed by atoms with van der Waals surface area (Å²) < 4.78 is 5.53. The number of aliphatic imine (C=N–C) groups is 1. The molecule has 0 radical (unpaired) electrons. The predicted molar refractivity (Wildman–Crippen MR) is 179 cm³/mol. The Bertz CT molecular complexity index is 1470. The van der Waals surface area contributed by atoms with Crippen molar-refractivity contribution < 1.29 is 14.3 Å². The Morgan fingerprint density at radius 2 is 1.96 bits per heavy atom. The van der Waals surface area contributed by atoms with Gasteiger partial charge >= 0.3 is 5.97 Å². The van der Waals surface area contributed by atoms with Gasteiger partial charge in [-0.25, -0.2) is 15.0 Å². The van der Waals surface area contributed by atoms with Crippen molar-refractivity contribution in [2.45, 2.75) is 32.7 Å². The lowest BCUT2D eigenvalue weighted by Crippen LogP contribution is -2.48. The van der Waals surface area contributed by atoms with Crippen LogP contribution in [-0.4, -0.2) is 96.7 Å². The number of amides is 1. The quantitative estimate of drug-likeness (QED) is 0.0738. The van der Waals surface area contributed by atoms with Crippen molar-refractivity contribution in [3.8, 4) is 0 Å². The minimum absolute atomic E-state index is 0.0449. The van der Waals surface area contributed by atoms with Crippen LogP contribution in [0.4, 0.5) is 22.5 Å². The number of benzene rings is 1. The Hall–Kier alpha value is -4.05. The fourth-order valence-corrected chi connectivity index (χ4v) is 5.74. The van der Waals surface area contributed by atoms with Gasteiger partial charge in [0.05, 0.1) is 16.9 Å². The molecule has 1 aliphatic rings. The molecule has 16 heteroatoms. The first-order chi connectivity index (χ1) is 21.6. The minimum atomic E-state index is -0.398. The monoisotopic (exact) mass is 657 g/mol. The van der Waals surface area contributed by atoms with E-state index < -0.39 is 6.04 Å². The van der Waals surface area contributed by atoms with E-state index in [4.69, 9.17) is 27.8 Å². The summed E-state index contributed by atoms with van der Waals surface area (Å²) in [5, 5.41) is 10.1. The Morgan fingerprint density at radius 3 is 2.67 bits per heavy atom. The molecule has 0 bridgehead atoms. The third-order valence-electron chi connectivity index (χ3n) is 7.18. The maximum absolute atomic E-state index is 12.8. The molecular weight excluding hydrogens is 618 g/mol. The molecule has 0 aliphatic carbocycles. The number of para-hydroxylation sites is 1. The molecule has 4 rings (SSSR count). The summed E-state index contributed by atoms with van der Waals surface area (Å²) in [5.41, 5.74) is 12.1. The molecule has 0 saturated carbocycles. The zero-order valence-corrected chi connectivity index (χ0v) is 27.2. The van der Waals surface area contributed by atoms with Crippen LogP contribution in [0.15, 0.2) is 35.5 Å². The molecule has 7 N–H and O–H groups in total. The number of hydrogen-bond acceptors (Lipinski definition) is 12. The summed E-state index contributed by atoms with van der Waals surface area (Å²) in [6, 6.07) is 6.94. The molecule has 0 spiro atoms. The van der Waals surface area contributed by atoms with E-state index in [1.165, 1.54) is 17.5 Å². The van der Waals surface area contributed by atoms with E-state index in [-0.39, 0.29) is 17.8 Å². The van der Waals surface area contributed by atoms with Gasteiger partial charge < -0.3 is 37.1 Å². The molecule has 1 fully saturated rings. The zero-order valence-electron chi connectivity index (χ0n) is 25.7.